The van der Waals surface area contributed by atoms with Crippen molar-refractivity contribution in [2.75, 3.05) is 38.2 Å². The van der Waals surface area contributed by atoms with Gasteiger partial charge in [-0.15, -0.1) is 5.10 Å². The van der Waals surface area contributed by atoms with Gasteiger partial charge in [0.1, 0.15) is 5.52 Å². The number of carbonyl (C=O) groups is 1. The number of likely N-dealkylation sites (tertiary alicyclic amines) is 1. The lowest BCUT2D eigenvalue weighted by Crippen LogP contribution is -2.58. The Hall–Kier alpha value is -2.35. The third-order valence-electron chi connectivity index (χ3n) is 9.13. The van der Waals surface area contributed by atoms with Gasteiger partial charge in [-0.2, -0.15) is 0 Å². The molecule has 0 bridgehead atoms. The summed E-state index contributed by atoms with van der Waals surface area (Å²) in [4.78, 5) is 17.2. The van der Waals surface area contributed by atoms with E-state index in [4.69, 9.17) is 27.9 Å². The van der Waals surface area contributed by atoms with Crippen molar-refractivity contribution in [1.29, 1.82) is 0 Å². The summed E-state index contributed by atoms with van der Waals surface area (Å²) in [5.74, 6) is 1.36. The maximum absolute atomic E-state index is 12.1. The molecule has 1 saturated carbocycles. The Morgan fingerprint density at radius 1 is 1.13 bits per heavy atom. The van der Waals surface area contributed by atoms with Crippen molar-refractivity contribution in [3.05, 3.63) is 51.5 Å². The van der Waals surface area contributed by atoms with Crippen LogP contribution in [0.2, 0.25) is 10.0 Å². The SMILES string of the molecule is COC(=O)C1(C)CC(N2CCC[C@H](C3CN(c4cc(C)c5nnn(Cc6ccc(Cl)cc6Cl)c5c4)C3)C2)C1. The van der Waals surface area contributed by atoms with E-state index < -0.39 is 0 Å². The van der Waals surface area contributed by atoms with E-state index in [0.29, 0.717) is 34.5 Å². The number of carbonyl (C=O) groups excluding carboxylic acids is 1. The van der Waals surface area contributed by atoms with Gasteiger partial charge in [-0.3, -0.25) is 4.79 Å². The predicted octanol–water partition coefficient (Wildman–Crippen LogP) is 5.58. The molecule has 3 aliphatic rings. The molecule has 2 aliphatic heterocycles. The third-order valence-corrected chi connectivity index (χ3v) is 9.72. The molecule has 0 radical (unpaired) electrons. The van der Waals surface area contributed by atoms with E-state index >= 15 is 0 Å². The number of anilines is 1. The molecule has 2 aromatic carbocycles. The van der Waals surface area contributed by atoms with Crippen LogP contribution in [0.3, 0.4) is 0 Å². The van der Waals surface area contributed by atoms with E-state index in [0.717, 1.165) is 61.2 Å². The highest BCUT2D eigenvalue weighted by Crippen LogP contribution is 2.46. The van der Waals surface area contributed by atoms with Gasteiger partial charge in [0.05, 0.1) is 24.6 Å². The number of esters is 1. The van der Waals surface area contributed by atoms with Gasteiger partial charge in [0, 0.05) is 41.4 Å². The van der Waals surface area contributed by atoms with Crippen LogP contribution >= 0.6 is 23.2 Å². The monoisotopic (exact) mass is 555 g/mol. The van der Waals surface area contributed by atoms with Gasteiger partial charge in [0.2, 0.25) is 0 Å². The summed E-state index contributed by atoms with van der Waals surface area (Å²) < 4.78 is 6.95. The second kappa shape index (κ2) is 10.00. The molecule has 0 spiro atoms. The number of hydrogen-bond acceptors (Lipinski definition) is 6. The van der Waals surface area contributed by atoms with E-state index in [1.165, 1.54) is 25.6 Å². The molecule has 0 amide bonds. The number of nitrogens with zero attached hydrogens (tertiary/aromatic N) is 5. The summed E-state index contributed by atoms with van der Waals surface area (Å²) in [7, 11) is 1.50. The van der Waals surface area contributed by atoms with Crippen LogP contribution in [-0.4, -0.2) is 65.2 Å². The second-order valence-corrected chi connectivity index (χ2v) is 12.6. The van der Waals surface area contributed by atoms with Crippen molar-refractivity contribution in [2.45, 2.75) is 52.1 Å². The maximum Gasteiger partial charge on any atom is 0.311 e. The zero-order chi connectivity index (χ0) is 26.6. The second-order valence-electron chi connectivity index (χ2n) is 11.8. The normalized spacial score (nSPS) is 26.3. The average Bonchev–Trinajstić information content (AvgIpc) is 3.25. The highest BCUT2D eigenvalue weighted by atomic mass is 35.5. The fourth-order valence-corrected chi connectivity index (χ4v) is 7.22. The van der Waals surface area contributed by atoms with Crippen molar-refractivity contribution in [3.8, 4) is 0 Å². The van der Waals surface area contributed by atoms with Crippen molar-refractivity contribution in [3.63, 3.8) is 0 Å². The highest BCUT2D eigenvalue weighted by Gasteiger charge is 2.50. The molecule has 1 atom stereocenters. The van der Waals surface area contributed by atoms with Gasteiger partial charge in [0.15, 0.2) is 0 Å². The Bertz CT molecular complexity index is 1360. The minimum Gasteiger partial charge on any atom is -0.469 e. The number of methoxy groups -OCH3 is 1. The molecule has 6 rings (SSSR count). The molecule has 2 saturated heterocycles. The Labute approximate surface area is 234 Å². The lowest BCUT2D eigenvalue weighted by Gasteiger charge is -2.53. The molecule has 0 unspecified atom stereocenters. The molecule has 0 N–H and O–H groups in total. The van der Waals surface area contributed by atoms with E-state index in [1.807, 2.05) is 23.7 Å². The van der Waals surface area contributed by atoms with Gasteiger partial charge in [-0.05, 0) is 93.3 Å². The Morgan fingerprint density at radius 3 is 2.66 bits per heavy atom. The first-order valence-electron chi connectivity index (χ1n) is 13.6. The van der Waals surface area contributed by atoms with Crippen LogP contribution in [0.15, 0.2) is 30.3 Å². The number of ether oxygens (including phenoxy) is 1. The predicted molar refractivity (Wildman–Crippen MR) is 151 cm³/mol. The van der Waals surface area contributed by atoms with E-state index in [9.17, 15) is 4.79 Å². The quantitative estimate of drug-likeness (QED) is 0.369. The fraction of sp³-hybridized carbons (Fsp3) is 0.552. The van der Waals surface area contributed by atoms with Gasteiger partial charge >= 0.3 is 5.97 Å². The molecule has 7 nitrogen and oxygen atoms in total. The first kappa shape index (κ1) is 25.9. The van der Waals surface area contributed by atoms with Crippen LogP contribution in [-0.2, 0) is 16.1 Å². The van der Waals surface area contributed by atoms with Gasteiger partial charge in [0.25, 0.3) is 0 Å². The summed E-state index contributed by atoms with van der Waals surface area (Å²) in [5, 5.41) is 10.1. The summed E-state index contributed by atoms with van der Waals surface area (Å²) >= 11 is 12.5. The molecule has 1 aromatic heterocycles. The van der Waals surface area contributed by atoms with Crippen LogP contribution in [0.1, 0.15) is 43.7 Å². The van der Waals surface area contributed by atoms with Crippen molar-refractivity contribution in [1.82, 2.24) is 19.9 Å². The first-order chi connectivity index (χ1) is 18.2. The zero-order valence-corrected chi connectivity index (χ0v) is 23.8. The smallest absolute Gasteiger partial charge is 0.311 e. The summed E-state index contributed by atoms with van der Waals surface area (Å²) in [6.45, 7) is 9.17. The number of hydrogen-bond donors (Lipinski definition) is 0. The Morgan fingerprint density at radius 2 is 1.92 bits per heavy atom. The Kier molecular flexibility index (Phi) is 6.81. The standard InChI is InChI=1S/C29H35Cl2N5O2/c1-18-9-23(11-26-27(18)32-33-36(26)17-20-6-7-22(30)10-25(20)31)35-15-21(16-35)19-5-4-8-34(14-19)24-12-29(2,13-24)28(37)38-3/h6-7,9-11,19,21,24H,4-5,8,12-17H2,1-3H3/t19-,24?,29?/m0/s1. The average molecular weight is 557 g/mol. The fourth-order valence-electron chi connectivity index (χ4n) is 6.76. The lowest BCUT2D eigenvalue weighted by atomic mass is 9.65. The zero-order valence-electron chi connectivity index (χ0n) is 22.3. The molecule has 202 valence electrons. The van der Waals surface area contributed by atoms with Gasteiger partial charge < -0.3 is 14.5 Å². The van der Waals surface area contributed by atoms with Crippen molar-refractivity contribution in [2.24, 2.45) is 17.3 Å². The summed E-state index contributed by atoms with van der Waals surface area (Å²) in [5.41, 5.74) is 5.00. The molecular weight excluding hydrogens is 521 g/mol. The number of halogens is 2. The molecule has 9 heteroatoms. The number of aromatic nitrogens is 3. The van der Waals surface area contributed by atoms with Crippen LogP contribution in [0.25, 0.3) is 11.0 Å². The van der Waals surface area contributed by atoms with E-state index in [1.54, 1.807) is 6.07 Å². The number of benzene rings is 2. The van der Waals surface area contributed by atoms with Gasteiger partial charge in [-0.1, -0.05) is 34.5 Å². The molecule has 3 fully saturated rings. The molecular formula is C29H35Cl2N5O2. The van der Waals surface area contributed by atoms with Crippen LogP contribution in [0.4, 0.5) is 5.69 Å². The van der Waals surface area contributed by atoms with Crippen LogP contribution in [0.5, 0.6) is 0 Å². The Balaban J connectivity index is 1.11. The molecule has 3 heterocycles. The highest BCUT2D eigenvalue weighted by molar-refractivity contribution is 6.35. The molecule has 1 aliphatic carbocycles. The van der Waals surface area contributed by atoms with Crippen molar-refractivity contribution >= 4 is 45.9 Å². The third kappa shape index (κ3) is 4.67. The van der Waals surface area contributed by atoms with Crippen LogP contribution < -0.4 is 4.90 Å². The van der Waals surface area contributed by atoms with Crippen molar-refractivity contribution < 1.29 is 9.53 Å². The van der Waals surface area contributed by atoms with E-state index in [2.05, 4.69) is 39.2 Å². The minimum absolute atomic E-state index is 0.0583. The molecule has 3 aromatic rings. The lowest BCUT2D eigenvalue weighted by molar-refractivity contribution is -0.162. The van der Waals surface area contributed by atoms with Crippen LogP contribution in [0, 0.1) is 24.2 Å². The van der Waals surface area contributed by atoms with E-state index in [-0.39, 0.29) is 11.4 Å². The molecule has 38 heavy (non-hydrogen) atoms. The number of rotatable bonds is 6. The first-order valence-corrected chi connectivity index (χ1v) is 14.3. The number of aryl methyl sites for hydroxylation is 1. The van der Waals surface area contributed by atoms with Gasteiger partial charge in [-0.25, -0.2) is 4.68 Å². The largest absolute Gasteiger partial charge is 0.469 e. The summed E-state index contributed by atoms with van der Waals surface area (Å²) in [6.07, 6.45) is 4.39. The topological polar surface area (TPSA) is 63.5 Å². The summed E-state index contributed by atoms with van der Waals surface area (Å²) in [6, 6.07) is 10.5. The number of fused-ring (bicyclic) bond motifs is 1. The number of piperidine rings is 1. The minimum atomic E-state index is -0.295. The maximum atomic E-state index is 12.1.